The van der Waals surface area contributed by atoms with Crippen molar-refractivity contribution in [2.75, 3.05) is 5.75 Å². The SMILES string of the molecule is CCSC1CCC(NC(CC(C)C)c2ccccc2)C1. The molecule has 2 heteroatoms. The quantitative estimate of drug-likeness (QED) is 0.755. The second-order valence-electron chi connectivity index (χ2n) is 6.35. The van der Waals surface area contributed by atoms with E-state index in [4.69, 9.17) is 0 Å². The van der Waals surface area contributed by atoms with Crippen LogP contribution in [0.3, 0.4) is 0 Å². The first kappa shape index (κ1) is 15.9. The van der Waals surface area contributed by atoms with Crippen LogP contribution in [-0.2, 0) is 0 Å². The molecule has 1 saturated carbocycles. The number of hydrogen-bond donors (Lipinski definition) is 1. The van der Waals surface area contributed by atoms with Gasteiger partial charge in [0.15, 0.2) is 0 Å². The average molecular weight is 292 g/mol. The first-order valence-corrected chi connectivity index (χ1v) is 9.16. The summed E-state index contributed by atoms with van der Waals surface area (Å²) in [6, 6.07) is 12.2. The van der Waals surface area contributed by atoms with E-state index in [1.165, 1.54) is 37.0 Å². The van der Waals surface area contributed by atoms with Gasteiger partial charge in [0, 0.05) is 17.3 Å². The van der Waals surface area contributed by atoms with Crippen molar-refractivity contribution in [2.24, 2.45) is 5.92 Å². The molecule has 3 atom stereocenters. The highest BCUT2D eigenvalue weighted by Crippen LogP contribution is 2.32. The van der Waals surface area contributed by atoms with Gasteiger partial charge < -0.3 is 5.32 Å². The van der Waals surface area contributed by atoms with Crippen molar-refractivity contribution in [3.8, 4) is 0 Å². The monoisotopic (exact) mass is 291 g/mol. The first-order chi connectivity index (χ1) is 9.69. The predicted octanol–water partition coefficient (Wildman–Crippen LogP) is 5.04. The summed E-state index contributed by atoms with van der Waals surface area (Å²) < 4.78 is 0. The predicted molar refractivity (Wildman–Crippen MR) is 91.3 cm³/mol. The number of benzene rings is 1. The lowest BCUT2D eigenvalue weighted by atomic mass is 9.96. The minimum absolute atomic E-state index is 0.520. The summed E-state index contributed by atoms with van der Waals surface area (Å²) in [5.74, 6) is 1.99. The van der Waals surface area contributed by atoms with E-state index in [9.17, 15) is 0 Å². The summed E-state index contributed by atoms with van der Waals surface area (Å²) >= 11 is 2.14. The van der Waals surface area contributed by atoms with Gasteiger partial charge in [-0.3, -0.25) is 0 Å². The van der Waals surface area contributed by atoms with Crippen molar-refractivity contribution >= 4 is 11.8 Å². The third kappa shape index (κ3) is 4.82. The molecule has 1 aliphatic rings. The van der Waals surface area contributed by atoms with Crippen molar-refractivity contribution in [1.29, 1.82) is 0 Å². The molecule has 2 rings (SSSR count). The third-order valence-electron chi connectivity index (χ3n) is 4.13. The van der Waals surface area contributed by atoms with E-state index < -0.39 is 0 Å². The lowest BCUT2D eigenvalue weighted by molar-refractivity contribution is 0.380. The van der Waals surface area contributed by atoms with Gasteiger partial charge in [0.05, 0.1) is 0 Å². The molecule has 1 nitrogen and oxygen atoms in total. The Morgan fingerprint density at radius 1 is 1.20 bits per heavy atom. The van der Waals surface area contributed by atoms with E-state index in [1.807, 2.05) is 0 Å². The molecule has 0 saturated heterocycles. The molecule has 0 bridgehead atoms. The lowest BCUT2D eigenvalue weighted by Crippen LogP contribution is -2.32. The third-order valence-corrected chi connectivity index (χ3v) is 5.37. The molecular formula is C18H29NS. The van der Waals surface area contributed by atoms with E-state index in [1.54, 1.807) is 0 Å². The highest BCUT2D eigenvalue weighted by molar-refractivity contribution is 7.99. The molecule has 1 fully saturated rings. The summed E-state index contributed by atoms with van der Waals surface area (Å²) in [5.41, 5.74) is 1.45. The number of rotatable bonds is 7. The second-order valence-corrected chi connectivity index (χ2v) is 7.92. The van der Waals surface area contributed by atoms with E-state index in [2.05, 4.69) is 68.2 Å². The average Bonchev–Trinajstić information content (AvgIpc) is 2.86. The van der Waals surface area contributed by atoms with Crippen LogP contribution in [0.1, 0.15) is 58.1 Å². The van der Waals surface area contributed by atoms with Crippen LogP contribution in [0.4, 0.5) is 0 Å². The van der Waals surface area contributed by atoms with Crippen LogP contribution in [0, 0.1) is 5.92 Å². The molecule has 1 N–H and O–H groups in total. The minimum Gasteiger partial charge on any atom is -0.307 e. The molecule has 1 aromatic carbocycles. The van der Waals surface area contributed by atoms with Gasteiger partial charge >= 0.3 is 0 Å². The summed E-state index contributed by atoms with van der Waals surface area (Å²) in [7, 11) is 0. The fourth-order valence-electron chi connectivity index (χ4n) is 3.22. The van der Waals surface area contributed by atoms with E-state index in [-0.39, 0.29) is 0 Å². The van der Waals surface area contributed by atoms with Gasteiger partial charge in [-0.1, -0.05) is 51.1 Å². The second kappa shape index (κ2) is 8.09. The van der Waals surface area contributed by atoms with Gasteiger partial charge in [0.25, 0.3) is 0 Å². The number of hydrogen-bond acceptors (Lipinski definition) is 2. The van der Waals surface area contributed by atoms with Crippen LogP contribution in [0.2, 0.25) is 0 Å². The van der Waals surface area contributed by atoms with Crippen molar-refractivity contribution < 1.29 is 0 Å². The van der Waals surface area contributed by atoms with Crippen molar-refractivity contribution in [3.05, 3.63) is 35.9 Å². The Morgan fingerprint density at radius 2 is 1.95 bits per heavy atom. The maximum absolute atomic E-state index is 3.94. The molecule has 0 spiro atoms. The van der Waals surface area contributed by atoms with Crippen molar-refractivity contribution in [2.45, 2.75) is 63.8 Å². The smallest absolute Gasteiger partial charge is 0.0325 e. The summed E-state index contributed by atoms with van der Waals surface area (Å²) in [4.78, 5) is 0. The van der Waals surface area contributed by atoms with Crippen LogP contribution in [0.25, 0.3) is 0 Å². The van der Waals surface area contributed by atoms with Crippen molar-refractivity contribution in [1.82, 2.24) is 5.32 Å². The minimum atomic E-state index is 0.520. The maximum Gasteiger partial charge on any atom is 0.0325 e. The van der Waals surface area contributed by atoms with Gasteiger partial charge in [0.1, 0.15) is 0 Å². The zero-order valence-corrected chi connectivity index (χ0v) is 14.0. The molecule has 3 unspecified atom stereocenters. The fraction of sp³-hybridized carbons (Fsp3) is 0.667. The fourth-order valence-corrected chi connectivity index (χ4v) is 4.36. The van der Waals surface area contributed by atoms with Gasteiger partial charge in [-0.25, -0.2) is 0 Å². The summed E-state index contributed by atoms with van der Waals surface area (Å²) in [6.45, 7) is 6.92. The molecule has 0 aromatic heterocycles. The zero-order chi connectivity index (χ0) is 14.4. The Bertz CT molecular complexity index is 376. The summed E-state index contributed by atoms with van der Waals surface area (Å²) in [6.07, 6.45) is 5.31. The number of nitrogens with one attached hydrogen (secondary N) is 1. The first-order valence-electron chi connectivity index (χ1n) is 8.11. The Hall–Kier alpha value is -0.470. The van der Waals surface area contributed by atoms with E-state index in [0.29, 0.717) is 12.1 Å². The van der Waals surface area contributed by atoms with Gasteiger partial charge in [-0.15, -0.1) is 0 Å². The van der Waals surface area contributed by atoms with E-state index in [0.717, 1.165) is 11.2 Å². The molecule has 0 aliphatic heterocycles. The molecular weight excluding hydrogens is 262 g/mol. The van der Waals surface area contributed by atoms with Crippen LogP contribution >= 0.6 is 11.8 Å². The Labute approximate surface area is 128 Å². The molecule has 0 radical (unpaired) electrons. The highest BCUT2D eigenvalue weighted by atomic mass is 32.2. The molecule has 20 heavy (non-hydrogen) atoms. The number of thioether (sulfide) groups is 1. The van der Waals surface area contributed by atoms with Crippen LogP contribution in [-0.4, -0.2) is 17.0 Å². The zero-order valence-electron chi connectivity index (χ0n) is 13.1. The van der Waals surface area contributed by atoms with Gasteiger partial charge in [0.2, 0.25) is 0 Å². The maximum atomic E-state index is 3.94. The Balaban J connectivity index is 1.95. The topological polar surface area (TPSA) is 12.0 Å². The lowest BCUT2D eigenvalue weighted by Gasteiger charge is -2.25. The van der Waals surface area contributed by atoms with Gasteiger partial charge in [-0.05, 0) is 42.9 Å². The standard InChI is InChI=1S/C18H29NS/c1-4-20-17-11-10-16(13-17)19-18(12-14(2)3)15-8-6-5-7-9-15/h5-9,14,16-19H,4,10-13H2,1-3H3. The van der Waals surface area contributed by atoms with E-state index >= 15 is 0 Å². The van der Waals surface area contributed by atoms with Crippen molar-refractivity contribution in [3.63, 3.8) is 0 Å². The van der Waals surface area contributed by atoms with Crippen LogP contribution in [0.15, 0.2) is 30.3 Å². The van der Waals surface area contributed by atoms with Crippen LogP contribution in [0.5, 0.6) is 0 Å². The highest BCUT2D eigenvalue weighted by Gasteiger charge is 2.27. The van der Waals surface area contributed by atoms with Crippen LogP contribution < -0.4 is 5.32 Å². The molecule has 1 aliphatic carbocycles. The summed E-state index contributed by atoms with van der Waals surface area (Å²) in [5, 5.41) is 4.82. The Morgan fingerprint density at radius 3 is 2.60 bits per heavy atom. The largest absolute Gasteiger partial charge is 0.307 e. The molecule has 0 amide bonds. The molecule has 1 aromatic rings. The van der Waals surface area contributed by atoms with Gasteiger partial charge in [-0.2, -0.15) is 11.8 Å². The molecule has 0 heterocycles. The Kier molecular flexibility index (Phi) is 6.44. The normalized spacial score (nSPS) is 24.2. The molecule has 112 valence electrons.